The van der Waals surface area contributed by atoms with Crippen molar-refractivity contribution in [1.29, 1.82) is 0 Å². The van der Waals surface area contributed by atoms with Crippen LogP contribution < -0.4 is 15.4 Å². The van der Waals surface area contributed by atoms with Gasteiger partial charge in [0.15, 0.2) is 0 Å². The Morgan fingerprint density at radius 3 is 2.96 bits per heavy atom. The van der Waals surface area contributed by atoms with Crippen molar-refractivity contribution in [3.63, 3.8) is 0 Å². The predicted octanol–water partition coefficient (Wildman–Crippen LogP) is 4.04. The molecule has 2 N–H and O–H groups in total. The number of anilines is 2. The van der Waals surface area contributed by atoms with Crippen LogP contribution >= 0.6 is 0 Å². The molecule has 4 rings (SSSR count). The van der Waals surface area contributed by atoms with Crippen molar-refractivity contribution in [1.82, 2.24) is 4.98 Å². The molecule has 0 radical (unpaired) electrons. The minimum absolute atomic E-state index is 0.183. The number of fused-ring (bicyclic) bond motifs is 1. The van der Waals surface area contributed by atoms with E-state index in [1.165, 1.54) is 19.2 Å². The number of pyridine rings is 1. The molecule has 0 bridgehead atoms. The van der Waals surface area contributed by atoms with Crippen molar-refractivity contribution in [3.05, 3.63) is 82.8 Å². The third-order valence-corrected chi connectivity index (χ3v) is 4.75. The van der Waals surface area contributed by atoms with E-state index in [9.17, 15) is 9.18 Å². The second kappa shape index (κ2) is 7.68. The number of hydrogen-bond acceptors (Lipinski definition) is 4. The topological polar surface area (TPSA) is 63.2 Å². The average Bonchev–Trinajstić information content (AvgIpc) is 3.16. The number of carbonyl (C=O) groups excluding carboxylic acids is 1. The number of nitrogens with zero attached hydrogens (tertiary/aromatic N) is 1. The molecule has 1 aliphatic heterocycles. The summed E-state index contributed by atoms with van der Waals surface area (Å²) in [5.41, 5.74) is 4.40. The standard InChI is InChI=1S/C22H20FN3O2/c1-28-17-11-15(10-16(23)13-17)9-14-5-7-25-21(12-14)26-22(27)19-3-2-4-20-18(19)6-8-24-20/h2-5,7,10-13,24H,6,8-9H2,1H3,(H,25,26,27). The van der Waals surface area contributed by atoms with Gasteiger partial charge < -0.3 is 15.4 Å². The van der Waals surface area contributed by atoms with Gasteiger partial charge in [-0.3, -0.25) is 4.79 Å². The summed E-state index contributed by atoms with van der Waals surface area (Å²) in [6.45, 7) is 0.838. The van der Waals surface area contributed by atoms with Gasteiger partial charge in [-0.25, -0.2) is 9.37 Å². The molecule has 0 spiro atoms. The van der Waals surface area contributed by atoms with Crippen LogP contribution in [-0.4, -0.2) is 24.5 Å². The van der Waals surface area contributed by atoms with Crippen LogP contribution in [-0.2, 0) is 12.8 Å². The second-order valence-corrected chi connectivity index (χ2v) is 6.69. The zero-order valence-electron chi connectivity index (χ0n) is 15.5. The highest BCUT2D eigenvalue weighted by Crippen LogP contribution is 2.26. The number of nitrogens with one attached hydrogen (secondary N) is 2. The van der Waals surface area contributed by atoms with E-state index < -0.39 is 0 Å². The van der Waals surface area contributed by atoms with Gasteiger partial charge in [-0.15, -0.1) is 0 Å². The third-order valence-electron chi connectivity index (χ3n) is 4.75. The lowest BCUT2D eigenvalue weighted by Crippen LogP contribution is -2.15. The van der Waals surface area contributed by atoms with Crippen molar-refractivity contribution in [2.24, 2.45) is 0 Å². The molecule has 3 aromatic rings. The molecule has 6 heteroatoms. The van der Waals surface area contributed by atoms with E-state index in [1.807, 2.05) is 24.3 Å². The van der Waals surface area contributed by atoms with Crippen molar-refractivity contribution < 1.29 is 13.9 Å². The Morgan fingerprint density at radius 2 is 2.11 bits per heavy atom. The molecule has 0 fully saturated rings. The molecule has 0 saturated heterocycles. The summed E-state index contributed by atoms with van der Waals surface area (Å²) in [7, 11) is 1.51. The number of benzene rings is 2. The lowest BCUT2D eigenvalue weighted by atomic mass is 10.0. The number of amides is 1. The first kappa shape index (κ1) is 18.0. The molecule has 1 amide bonds. The molecule has 5 nitrogen and oxygen atoms in total. The highest BCUT2D eigenvalue weighted by Gasteiger charge is 2.18. The molecule has 0 atom stereocenters. The van der Waals surface area contributed by atoms with Gasteiger partial charge in [-0.2, -0.15) is 0 Å². The Kier molecular flexibility index (Phi) is 4.93. The molecular formula is C22H20FN3O2. The summed E-state index contributed by atoms with van der Waals surface area (Å²) in [5, 5.41) is 6.14. The average molecular weight is 377 g/mol. The lowest BCUT2D eigenvalue weighted by molar-refractivity contribution is 0.102. The van der Waals surface area contributed by atoms with E-state index in [-0.39, 0.29) is 11.7 Å². The van der Waals surface area contributed by atoms with Crippen LogP contribution in [0.3, 0.4) is 0 Å². The fraction of sp³-hybridized carbons (Fsp3) is 0.182. The Labute approximate surface area is 162 Å². The van der Waals surface area contributed by atoms with Crippen LogP contribution in [0.25, 0.3) is 0 Å². The second-order valence-electron chi connectivity index (χ2n) is 6.69. The van der Waals surface area contributed by atoms with Crippen LogP contribution in [0.4, 0.5) is 15.9 Å². The molecule has 0 saturated carbocycles. The molecule has 1 aromatic heterocycles. The number of hydrogen-bond donors (Lipinski definition) is 2. The summed E-state index contributed by atoms with van der Waals surface area (Å²) >= 11 is 0. The van der Waals surface area contributed by atoms with Crippen LogP contribution in [0.15, 0.2) is 54.7 Å². The van der Waals surface area contributed by atoms with E-state index in [0.29, 0.717) is 23.6 Å². The number of carbonyl (C=O) groups is 1. The first-order valence-corrected chi connectivity index (χ1v) is 9.08. The summed E-state index contributed by atoms with van der Waals surface area (Å²) in [5.74, 6) is 0.416. The maximum Gasteiger partial charge on any atom is 0.257 e. The fourth-order valence-electron chi connectivity index (χ4n) is 3.47. The Balaban J connectivity index is 1.52. The summed E-state index contributed by atoms with van der Waals surface area (Å²) in [4.78, 5) is 17.0. The largest absolute Gasteiger partial charge is 0.497 e. The van der Waals surface area contributed by atoms with Crippen LogP contribution in [0.5, 0.6) is 5.75 Å². The van der Waals surface area contributed by atoms with Gasteiger partial charge in [0.05, 0.1) is 7.11 Å². The maximum atomic E-state index is 13.7. The van der Waals surface area contributed by atoms with E-state index in [1.54, 1.807) is 18.3 Å². The number of rotatable bonds is 5. The minimum atomic E-state index is -0.344. The lowest BCUT2D eigenvalue weighted by Gasteiger charge is -2.10. The van der Waals surface area contributed by atoms with E-state index in [2.05, 4.69) is 15.6 Å². The summed E-state index contributed by atoms with van der Waals surface area (Å²) in [6, 6.07) is 13.9. The third kappa shape index (κ3) is 3.81. The van der Waals surface area contributed by atoms with Crippen molar-refractivity contribution in [2.45, 2.75) is 12.8 Å². The molecule has 2 aromatic carbocycles. The predicted molar refractivity (Wildman–Crippen MR) is 107 cm³/mol. The molecule has 2 heterocycles. The minimum Gasteiger partial charge on any atom is -0.497 e. The quantitative estimate of drug-likeness (QED) is 0.704. The first-order valence-electron chi connectivity index (χ1n) is 9.08. The Morgan fingerprint density at radius 1 is 1.21 bits per heavy atom. The molecule has 1 aliphatic rings. The molecule has 28 heavy (non-hydrogen) atoms. The molecular weight excluding hydrogens is 357 g/mol. The highest BCUT2D eigenvalue weighted by molar-refractivity contribution is 6.06. The fourth-order valence-corrected chi connectivity index (χ4v) is 3.47. The van der Waals surface area contributed by atoms with Crippen molar-refractivity contribution in [3.8, 4) is 5.75 Å². The smallest absolute Gasteiger partial charge is 0.257 e. The van der Waals surface area contributed by atoms with Gasteiger partial charge in [0.2, 0.25) is 0 Å². The monoisotopic (exact) mass is 377 g/mol. The number of halogens is 1. The summed E-state index contributed by atoms with van der Waals surface area (Å²) < 4.78 is 18.8. The maximum absolute atomic E-state index is 13.7. The normalized spacial score (nSPS) is 12.2. The van der Waals surface area contributed by atoms with E-state index >= 15 is 0 Å². The van der Waals surface area contributed by atoms with E-state index in [4.69, 9.17) is 4.74 Å². The van der Waals surface area contributed by atoms with Crippen molar-refractivity contribution >= 4 is 17.4 Å². The number of aromatic nitrogens is 1. The van der Waals surface area contributed by atoms with Gasteiger partial charge >= 0.3 is 0 Å². The summed E-state index contributed by atoms with van der Waals surface area (Å²) in [6.07, 6.45) is 2.97. The first-order chi connectivity index (χ1) is 13.6. The van der Waals surface area contributed by atoms with Gasteiger partial charge in [-0.1, -0.05) is 6.07 Å². The highest BCUT2D eigenvalue weighted by atomic mass is 19.1. The zero-order chi connectivity index (χ0) is 19.5. The van der Waals surface area contributed by atoms with Gasteiger partial charge in [0, 0.05) is 30.1 Å². The van der Waals surface area contributed by atoms with Crippen LogP contribution in [0, 0.1) is 5.82 Å². The Hall–Kier alpha value is -3.41. The Bertz CT molecular complexity index is 1040. The molecule has 0 unspecified atom stereocenters. The SMILES string of the molecule is COc1cc(F)cc(Cc2ccnc(NC(=O)c3cccc4c3CCN4)c2)c1. The number of ether oxygens (including phenoxy) is 1. The van der Waals surface area contributed by atoms with Crippen LogP contribution in [0.1, 0.15) is 27.0 Å². The van der Waals surface area contributed by atoms with Gasteiger partial charge in [-0.05, 0) is 65.9 Å². The molecule has 142 valence electrons. The zero-order valence-corrected chi connectivity index (χ0v) is 15.5. The van der Waals surface area contributed by atoms with Gasteiger partial charge in [0.1, 0.15) is 17.4 Å². The number of methoxy groups -OCH3 is 1. The molecule has 0 aliphatic carbocycles. The van der Waals surface area contributed by atoms with Crippen LogP contribution in [0.2, 0.25) is 0 Å². The van der Waals surface area contributed by atoms with Gasteiger partial charge in [0.25, 0.3) is 5.91 Å². The van der Waals surface area contributed by atoms with Crippen molar-refractivity contribution in [2.75, 3.05) is 24.3 Å². The van der Waals surface area contributed by atoms with E-state index in [0.717, 1.165) is 35.3 Å².